The van der Waals surface area contributed by atoms with Crippen LogP contribution in [0.1, 0.15) is 30.6 Å². The van der Waals surface area contributed by atoms with E-state index < -0.39 is 29.6 Å². The number of benzene rings is 2. The fourth-order valence-electron chi connectivity index (χ4n) is 3.11. The first kappa shape index (κ1) is 23.6. The Morgan fingerprint density at radius 3 is 2.55 bits per heavy atom. The van der Waals surface area contributed by atoms with Crippen molar-refractivity contribution in [1.82, 2.24) is 20.4 Å². The summed E-state index contributed by atoms with van der Waals surface area (Å²) < 4.78 is 12.1. The van der Waals surface area contributed by atoms with Gasteiger partial charge in [-0.05, 0) is 42.7 Å². The SMILES string of the molecule is COc1cc(C(=O)NNC(=O)Cn2c(=O)[nH]c(=O)c3ccccc32)ccc1OCCC(C)C. The molecular formula is C23H26N4O6. The Kier molecular flexibility index (Phi) is 7.50. The predicted molar refractivity (Wildman–Crippen MR) is 122 cm³/mol. The van der Waals surface area contributed by atoms with Crippen molar-refractivity contribution >= 4 is 22.7 Å². The van der Waals surface area contributed by atoms with Crippen molar-refractivity contribution in [3.8, 4) is 11.5 Å². The average molecular weight is 454 g/mol. The van der Waals surface area contributed by atoms with Gasteiger partial charge in [-0.2, -0.15) is 0 Å². The van der Waals surface area contributed by atoms with Crippen LogP contribution in [-0.2, 0) is 11.3 Å². The second-order valence-corrected chi connectivity index (χ2v) is 7.76. The molecule has 0 atom stereocenters. The lowest BCUT2D eigenvalue weighted by atomic mass is 10.1. The molecule has 0 bridgehead atoms. The number of para-hydroxylation sites is 1. The van der Waals surface area contributed by atoms with E-state index >= 15 is 0 Å². The minimum atomic E-state index is -0.724. The second kappa shape index (κ2) is 10.5. The number of methoxy groups -OCH3 is 1. The predicted octanol–water partition coefficient (Wildman–Crippen LogP) is 1.58. The molecule has 10 heteroatoms. The molecule has 0 aliphatic rings. The normalized spacial score (nSPS) is 10.8. The van der Waals surface area contributed by atoms with Crippen LogP contribution in [0.15, 0.2) is 52.1 Å². The summed E-state index contributed by atoms with van der Waals surface area (Å²) in [6.07, 6.45) is 0.880. The van der Waals surface area contributed by atoms with Gasteiger partial charge in [-0.1, -0.05) is 26.0 Å². The van der Waals surface area contributed by atoms with Crippen LogP contribution in [0.25, 0.3) is 10.9 Å². The second-order valence-electron chi connectivity index (χ2n) is 7.76. The monoisotopic (exact) mass is 454 g/mol. The van der Waals surface area contributed by atoms with E-state index in [9.17, 15) is 19.2 Å². The van der Waals surface area contributed by atoms with Crippen LogP contribution in [0.2, 0.25) is 0 Å². The Balaban J connectivity index is 1.65. The molecule has 2 aromatic carbocycles. The minimum Gasteiger partial charge on any atom is -0.493 e. The van der Waals surface area contributed by atoms with E-state index in [1.165, 1.54) is 13.2 Å². The number of rotatable bonds is 8. The van der Waals surface area contributed by atoms with E-state index in [1.54, 1.807) is 36.4 Å². The lowest BCUT2D eigenvalue weighted by molar-refractivity contribution is -0.122. The van der Waals surface area contributed by atoms with E-state index in [0.29, 0.717) is 29.5 Å². The maximum Gasteiger partial charge on any atom is 0.329 e. The zero-order valence-corrected chi connectivity index (χ0v) is 18.6. The van der Waals surface area contributed by atoms with E-state index in [1.807, 2.05) is 0 Å². The van der Waals surface area contributed by atoms with Gasteiger partial charge in [0.15, 0.2) is 11.5 Å². The molecule has 174 valence electrons. The van der Waals surface area contributed by atoms with E-state index in [2.05, 4.69) is 29.7 Å². The van der Waals surface area contributed by atoms with Gasteiger partial charge in [0.25, 0.3) is 17.4 Å². The van der Waals surface area contributed by atoms with Crippen molar-refractivity contribution in [2.24, 2.45) is 5.92 Å². The number of carbonyl (C=O) groups excluding carboxylic acids is 2. The number of ether oxygens (including phenoxy) is 2. The molecule has 0 fully saturated rings. The largest absolute Gasteiger partial charge is 0.493 e. The summed E-state index contributed by atoms with van der Waals surface area (Å²) in [7, 11) is 1.47. The number of nitrogens with one attached hydrogen (secondary N) is 3. The van der Waals surface area contributed by atoms with Crippen molar-refractivity contribution in [2.45, 2.75) is 26.8 Å². The van der Waals surface area contributed by atoms with Crippen LogP contribution in [0.5, 0.6) is 11.5 Å². The first-order valence-corrected chi connectivity index (χ1v) is 10.4. The van der Waals surface area contributed by atoms with E-state index in [0.717, 1.165) is 11.0 Å². The zero-order valence-electron chi connectivity index (χ0n) is 18.6. The topological polar surface area (TPSA) is 132 Å². The van der Waals surface area contributed by atoms with Gasteiger partial charge in [0.2, 0.25) is 0 Å². The Labute approximate surface area is 189 Å². The van der Waals surface area contributed by atoms with Crippen LogP contribution in [0.4, 0.5) is 0 Å². The number of amides is 2. The Bertz CT molecular complexity index is 1280. The summed E-state index contributed by atoms with van der Waals surface area (Å²) in [5.74, 6) is 0.180. The molecule has 0 spiro atoms. The summed E-state index contributed by atoms with van der Waals surface area (Å²) in [4.78, 5) is 51.1. The van der Waals surface area contributed by atoms with E-state index in [4.69, 9.17) is 9.47 Å². The molecule has 1 aromatic heterocycles. The third kappa shape index (κ3) is 5.79. The third-order valence-electron chi connectivity index (χ3n) is 4.90. The molecule has 1 heterocycles. The standard InChI is InChI=1S/C23H26N4O6/c1-14(2)10-11-33-18-9-8-15(12-19(18)32-3)21(29)26-25-20(28)13-27-17-7-5-4-6-16(17)22(30)24-23(27)31/h4-9,12,14H,10-11,13H2,1-3H3,(H,25,28)(H,26,29)(H,24,30,31). The number of aromatic nitrogens is 2. The van der Waals surface area contributed by atoms with Gasteiger partial charge < -0.3 is 9.47 Å². The molecule has 33 heavy (non-hydrogen) atoms. The number of aromatic amines is 1. The fraction of sp³-hybridized carbons (Fsp3) is 0.304. The summed E-state index contributed by atoms with van der Waals surface area (Å²) in [5, 5.41) is 0.275. The Hall–Kier alpha value is -4.08. The summed E-state index contributed by atoms with van der Waals surface area (Å²) >= 11 is 0. The van der Waals surface area contributed by atoms with Gasteiger partial charge >= 0.3 is 5.69 Å². The first-order chi connectivity index (χ1) is 15.8. The van der Waals surface area contributed by atoms with Crippen molar-refractivity contribution < 1.29 is 19.1 Å². The summed E-state index contributed by atoms with van der Waals surface area (Å²) in [6.45, 7) is 4.31. The van der Waals surface area contributed by atoms with Crippen LogP contribution >= 0.6 is 0 Å². The number of fused-ring (bicyclic) bond motifs is 1. The highest BCUT2D eigenvalue weighted by molar-refractivity contribution is 5.96. The average Bonchev–Trinajstić information content (AvgIpc) is 2.80. The molecule has 3 N–H and O–H groups in total. The van der Waals surface area contributed by atoms with Crippen LogP contribution in [0, 0.1) is 5.92 Å². The molecule has 0 saturated heterocycles. The van der Waals surface area contributed by atoms with Crippen molar-refractivity contribution in [1.29, 1.82) is 0 Å². The lowest BCUT2D eigenvalue weighted by Gasteiger charge is -2.14. The van der Waals surface area contributed by atoms with Crippen molar-refractivity contribution in [2.75, 3.05) is 13.7 Å². The Morgan fingerprint density at radius 1 is 1.06 bits per heavy atom. The number of nitrogens with zero attached hydrogens (tertiary/aromatic N) is 1. The lowest BCUT2D eigenvalue weighted by Crippen LogP contribution is -2.45. The number of hydrazine groups is 1. The van der Waals surface area contributed by atoms with Crippen LogP contribution < -0.4 is 31.6 Å². The van der Waals surface area contributed by atoms with Crippen LogP contribution in [-0.4, -0.2) is 35.1 Å². The molecule has 3 rings (SSSR count). The van der Waals surface area contributed by atoms with Crippen molar-refractivity contribution in [3.05, 3.63) is 68.9 Å². The van der Waals surface area contributed by atoms with Crippen molar-refractivity contribution in [3.63, 3.8) is 0 Å². The number of H-pyrrole nitrogens is 1. The fourth-order valence-corrected chi connectivity index (χ4v) is 3.11. The van der Waals surface area contributed by atoms with Gasteiger partial charge in [-0.25, -0.2) is 4.79 Å². The summed E-state index contributed by atoms with van der Waals surface area (Å²) in [6, 6.07) is 11.1. The van der Waals surface area contributed by atoms with Gasteiger partial charge in [0.1, 0.15) is 6.54 Å². The van der Waals surface area contributed by atoms with Gasteiger partial charge in [0, 0.05) is 5.56 Å². The number of hydrogen-bond donors (Lipinski definition) is 3. The molecule has 3 aromatic rings. The molecule has 0 aliphatic carbocycles. The number of carbonyl (C=O) groups is 2. The molecule has 0 aliphatic heterocycles. The summed E-state index contributed by atoms with van der Waals surface area (Å²) in [5.41, 5.74) is 3.87. The Morgan fingerprint density at radius 2 is 1.82 bits per heavy atom. The highest BCUT2D eigenvalue weighted by Gasteiger charge is 2.14. The van der Waals surface area contributed by atoms with Gasteiger partial charge in [0.05, 0.1) is 24.6 Å². The maximum absolute atomic E-state index is 12.5. The molecule has 2 amide bonds. The highest BCUT2D eigenvalue weighted by Crippen LogP contribution is 2.28. The maximum atomic E-state index is 12.5. The van der Waals surface area contributed by atoms with E-state index in [-0.39, 0.29) is 10.9 Å². The zero-order chi connectivity index (χ0) is 24.0. The third-order valence-corrected chi connectivity index (χ3v) is 4.90. The molecule has 0 saturated carbocycles. The van der Waals surface area contributed by atoms with Gasteiger partial charge in [-0.15, -0.1) is 0 Å². The molecule has 0 radical (unpaired) electrons. The molecule has 0 unspecified atom stereocenters. The molecule has 10 nitrogen and oxygen atoms in total. The first-order valence-electron chi connectivity index (χ1n) is 10.4. The smallest absolute Gasteiger partial charge is 0.329 e. The van der Waals surface area contributed by atoms with Crippen LogP contribution in [0.3, 0.4) is 0 Å². The quantitative estimate of drug-likeness (QED) is 0.443. The number of hydrogen-bond acceptors (Lipinski definition) is 6. The van der Waals surface area contributed by atoms with Gasteiger partial charge in [-0.3, -0.25) is 34.8 Å². The highest BCUT2D eigenvalue weighted by atomic mass is 16.5. The molecular weight excluding hydrogens is 428 g/mol. The minimum absolute atomic E-state index is 0.245.